The van der Waals surface area contributed by atoms with Crippen molar-refractivity contribution in [1.29, 1.82) is 0 Å². The molecule has 0 unspecified atom stereocenters. The molecular formula is C21H24N6O4S. The second kappa shape index (κ2) is 9.18. The van der Waals surface area contributed by atoms with Gasteiger partial charge >= 0.3 is 0 Å². The highest BCUT2D eigenvalue weighted by atomic mass is 32.2. The number of aromatic nitrogens is 3. The summed E-state index contributed by atoms with van der Waals surface area (Å²) in [5.41, 5.74) is 2.30. The van der Waals surface area contributed by atoms with Crippen molar-refractivity contribution in [1.82, 2.24) is 15.0 Å². The average Bonchev–Trinajstić information content (AvgIpc) is 2.76. The van der Waals surface area contributed by atoms with Crippen molar-refractivity contribution in [3.8, 4) is 5.88 Å². The van der Waals surface area contributed by atoms with E-state index < -0.39 is 15.9 Å². The molecule has 1 aromatic carbocycles. The predicted molar refractivity (Wildman–Crippen MR) is 122 cm³/mol. The maximum absolute atomic E-state index is 13.1. The summed E-state index contributed by atoms with van der Waals surface area (Å²) in [5, 5.41) is 2.62. The first kappa shape index (κ1) is 22.9. The first-order chi connectivity index (χ1) is 15.1. The highest BCUT2D eigenvalue weighted by molar-refractivity contribution is 7.92. The van der Waals surface area contributed by atoms with Crippen molar-refractivity contribution >= 4 is 33.3 Å². The van der Waals surface area contributed by atoms with E-state index in [2.05, 4.69) is 25.0 Å². The summed E-state index contributed by atoms with van der Waals surface area (Å²) in [6.45, 7) is 3.61. The van der Waals surface area contributed by atoms with Crippen molar-refractivity contribution in [2.24, 2.45) is 0 Å². The van der Waals surface area contributed by atoms with Crippen molar-refractivity contribution < 1.29 is 17.9 Å². The summed E-state index contributed by atoms with van der Waals surface area (Å²) in [5.74, 6) is -0.265. The normalized spacial score (nSPS) is 11.0. The fraction of sp³-hybridized carbons (Fsp3) is 0.238. The Balaban J connectivity index is 1.93. The first-order valence-electron chi connectivity index (χ1n) is 9.57. The number of amides is 1. The molecule has 10 nitrogen and oxygen atoms in total. The fourth-order valence-electron chi connectivity index (χ4n) is 2.90. The van der Waals surface area contributed by atoms with Gasteiger partial charge in [-0.1, -0.05) is 18.2 Å². The Morgan fingerprint density at radius 1 is 1.09 bits per heavy atom. The number of nitrogens with one attached hydrogen (secondary N) is 2. The van der Waals surface area contributed by atoms with Crippen LogP contribution in [-0.2, 0) is 10.0 Å². The smallest absolute Gasteiger partial charge is 0.274 e. The third-order valence-electron chi connectivity index (χ3n) is 4.55. The first-order valence-corrected chi connectivity index (χ1v) is 11.1. The van der Waals surface area contributed by atoms with Crippen LogP contribution in [0.25, 0.3) is 0 Å². The standard InChI is InChI=1S/C21H24N6O4S/c1-13-7-6-8-14(2)18(13)26-32(29,30)17-11-15(12-23-20(17)31-5)24-19(28)16-9-10-22-21(25-16)27(3)4/h6-12,26H,1-5H3,(H,24,28). The molecule has 32 heavy (non-hydrogen) atoms. The van der Waals surface area contributed by atoms with E-state index in [9.17, 15) is 13.2 Å². The van der Waals surface area contributed by atoms with Crippen molar-refractivity contribution in [3.63, 3.8) is 0 Å². The number of pyridine rings is 1. The number of para-hydroxylation sites is 1. The lowest BCUT2D eigenvalue weighted by molar-refractivity contribution is 0.102. The summed E-state index contributed by atoms with van der Waals surface area (Å²) in [6.07, 6.45) is 2.77. The lowest BCUT2D eigenvalue weighted by atomic mass is 10.1. The molecule has 0 saturated heterocycles. The molecule has 0 saturated carbocycles. The van der Waals surface area contributed by atoms with Gasteiger partial charge in [0.15, 0.2) is 4.90 Å². The molecule has 0 atom stereocenters. The number of sulfonamides is 1. The van der Waals surface area contributed by atoms with Gasteiger partial charge in [-0.05, 0) is 37.1 Å². The Kier molecular flexibility index (Phi) is 6.58. The van der Waals surface area contributed by atoms with Crippen LogP contribution in [0.4, 0.5) is 17.3 Å². The van der Waals surface area contributed by atoms with Gasteiger partial charge in [-0.25, -0.2) is 23.4 Å². The van der Waals surface area contributed by atoms with E-state index >= 15 is 0 Å². The number of rotatable bonds is 7. The molecule has 0 aliphatic heterocycles. The van der Waals surface area contributed by atoms with Gasteiger partial charge < -0.3 is 15.0 Å². The molecule has 2 aromatic heterocycles. The molecule has 0 aliphatic rings. The number of ether oxygens (including phenoxy) is 1. The lowest BCUT2D eigenvalue weighted by Gasteiger charge is -2.15. The molecule has 0 bridgehead atoms. The zero-order chi connectivity index (χ0) is 23.5. The molecular weight excluding hydrogens is 432 g/mol. The number of methoxy groups -OCH3 is 1. The summed E-state index contributed by atoms with van der Waals surface area (Å²) in [7, 11) is 0.768. The van der Waals surface area contributed by atoms with E-state index in [0.29, 0.717) is 11.6 Å². The Labute approximate surface area is 186 Å². The van der Waals surface area contributed by atoms with Crippen molar-refractivity contribution in [2.75, 3.05) is 36.1 Å². The molecule has 0 aliphatic carbocycles. The summed E-state index contributed by atoms with van der Waals surface area (Å²) in [4.78, 5) is 26.4. The van der Waals surface area contributed by atoms with Gasteiger partial charge in [0.25, 0.3) is 15.9 Å². The second-order valence-corrected chi connectivity index (χ2v) is 8.84. The molecule has 2 heterocycles. The minimum absolute atomic E-state index is 0.0985. The molecule has 0 fully saturated rings. The third kappa shape index (κ3) is 4.94. The van der Waals surface area contributed by atoms with Crippen LogP contribution >= 0.6 is 0 Å². The third-order valence-corrected chi connectivity index (χ3v) is 5.90. The van der Waals surface area contributed by atoms with Crippen LogP contribution in [0.15, 0.2) is 47.6 Å². The Hall–Kier alpha value is -3.73. The number of carbonyl (C=O) groups is 1. The monoisotopic (exact) mass is 456 g/mol. The number of carbonyl (C=O) groups excluding carboxylic acids is 1. The van der Waals surface area contributed by atoms with Gasteiger partial charge in [0, 0.05) is 20.3 Å². The van der Waals surface area contributed by atoms with Gasteiger partial charge in [0.1, 0.15) is 5.69 Å². The summed E-state index contributed by atoms with van der Waals surface area (Å²) in [6, 6.07) is 8.20. The van der Waals surface area contributed by atoms with Gasteiger partial charge in [-0.3, -0.25) is 9.52 Å². The Morgan fingerprint density at radius 3 is 2.41 bits per heavy atom. The number of hydrogen-bond acceptors (Lipinski definition) is 8. The topological polar surface area (TPSA) is 126 Å². The van der Waals surface area contributed by atoms with Gasteiger partial charge in [0.2, 0.25) is 11.8 Å². The number of benzene rings is 1. The molecule has 0 spiro atoms. The highest BCUT2D eigenvalue weighted by Crippen LogP contribution is 2.29. The van der Waals surface area contributed by atoms with E-state index in [0.717, 1.165) is 11.1 Å². The van der Waals surface area contributed by atoms with Crippen LogP contribution in [0, 0.1) is 13.8 Å². The van der Waals surface area contributed by atoms with Gasteiger partial charge in [0.05, 0.1) is 24.7 Å². The van der Waals surface area contributed by atoms with Crippen molar-refractivity contribution in [2.45, 2.75) is 18.7 Å². The minimum Gasteiger partial charge on any atom is -0.480 e. The average molecular weight is 457 g/mol. The molecule has 168 valence electrons. The molecule has 3 aromatic rings. The van der Waals surface area contributed by atoms with E-state index in [-0.39, 0.29) is 22.2 Å². The van der Waals surface area contributed by atoms with Crippen LogP contribution in [0.1, 0.15) is 21.6 Å². The van der Waals surface area contributed by atoms with Crippen LogP contribution in [0.3, 0.4) is 0 Å². The Bertz CT molecular complexity index is 1240. The number of nitrogens with zero attached hydrogens (tertiary/aromatic N) is 4. The summed E-state index contributed by atoms with van der Waals surface area (Å²) < 4.78 is 34.0. The van der Waals surface area contributed by atoms with E-state index in [4.69, 9.17) is 4.74 Å². The molecule has 2 N–H and O–H groups in total. The fourth-order valence-corrected chi connectivity index (χ4v) is 4.25. The molecule has 1 amide bonds. The number of aryl methyl sites for hydroxylation is 2. The zero-order valence-corrected chi connectivity index (χ0v) is 19.2. The van der Waals surface area contributed by atoms with Gasteiger partial charge in [-0.15, -0.1) is 0 Å². The molecule has 3 rings (SSSR count). The maximum Gasteiger partial charge on any atom is 0.274 e. The SMILES string of the molecule is COc1ncc(NC(=O)c2ccnc(N(C)C)n2)cc1S(=O)(=O)Nc1c(C)cccc1C. The second-order valence-electron chi connectivity index (χ2n) is 7.19. The van der Waals surface area contributed by atoms with E-state index in [1.165, 1.54) is 31.6 Å². The summed E-state index contributed by atoms with van der Waals surface area (Å²) >= 11 is 0. The maximum atomic E-state index is 13.1. The van der Waals surface area contributed by atoms with Crippen LogP contribution in [-0.4, -0.2) is 50.5 Å². The number of hydrogen-bond donors (Lipinski definition) is 2. The van der Waals surface area contributed by atoms with E-state index in [1.54, 1.807) is 45.0 Å². The molecule has 11 heteroatoms. The highest BCUT2D eigenvalue weighted by Gasteiger charge is 2.24. The minimum atomic E-state index is -4.06. The predicted octanol–water partition coefficient (Wildman–Crippen LogP) is 2.62. The quantitative estimate of drug-likeness (QED) is 0.556. The van der Waals surface area contributed by atoms with Crippen LogP contribution < -0.4 is 19.7 Å². The van der Waals surface area contributed by atoms with Gasteiger partial charge in [-0.2, -0.15) is 0 Å². The molecule has 0 radical (unpaired) electrons. The Morgan fingerprint density at radius 2 is 1.78 bits per heavy atom. The number of anilines is 3. The van der Waals surface area contributed by atoms with Crippen molar-refractivity contribution in [3.05, 3.63) is 59.5 Å². The lowest BCUT2D eigenvalue weighted by Crippen LogP contribution is -2.19. The van der Waals surface area contributed by atoms with Crippen LogP contribution in [0.5, 0.6) is 5.88 Å². The van der Waals surface area contributed by atoms with E-state index in [1.807, 2.05) is 6.07 Å². The zero-order valence-electron chi connectivity index (χ0n) is 18.4. The largest absolute Gasteiger partial charge is 0.480 e. The van der Waals surface area contributed by atoms with Crippen LogP contribution in [0.2, 0.25) is 0 Å².